The second-order valence-electron chi connectivity index (χ2n) is 7.45. The van der Waals surface area contributed by atoms with Gasteiger partial charge in [0.25, 0.3) is 0 Å². The molecule has 0 saturated heterocycles. The van der Waals surface area contributed by atoms with Crippen molar-refractivity contribution < 1.29 is 0 Å². The van der Waals surface area contributed by atoms with E-state index in [0.717, 1.165) is 25.0 Å². The fourth-order valence-corrected chi connectivity index (χ4v) is 3.93. The SMILES string of the molecule is CC1CCCC(CNCc2cncn2C2CC2)(N(C)C)C1. The van der Waals surface area contributed by atoms with Gasteiger partial charge < -0.3 is 14.8 Å². The van der Waals surface area contributed by atoms with Crippen molar-refractivity contribution in [1.82, 2.24) is 19.8 Å². The molecule has 2 atom stereocenters. The Morgan fingerprint density at radius 3 is 2.86 bits per heavy atom. The number of rotatable bonds is 6. The predicted molar refractivity (Wildman–Crippen MR) is 86.3 cm³/mol. The topological polar surface area (TPSA) is 33.1 Å². The number of hydrogen-bond donors (Lipinski definition) is 1. The Hall–Kier alpha value is -0.870. The molecule has 3 rings (SSSR count). The standard InChI is InChI=1S/C17H30N4/c1-14-5-4-8-17(9-14,20(2)3)12-18-10-16-11-19-13-21(16)15-6-7-15/h11,13-15,18H,4-10,12H2,1-3H3. The molecular weight excluding hydrogens is 260 g/mol. The third-order valence-corrected chi connectivity index (χ3v) is 5.46. The van der Waals surface area contributed by atoms with E-state index in [2.05, 4.69) is 40.8 Å². The van der Waals surface area contributed by atoms with Gasteiger partial charge in [-0.2, -0.15) is 0 Å². The molecule has 118 valence electrons. The molecule has 0 aromatic carbocycles. The number of likely N-dealkylation sites (N-methyl/N-ethyl adjacent to an activating group) is 1. The molecule has 0 amide bonds. The molecule has 2 saturated carbocycles. The maximum absolute atomic E-state index is 4.33. The molecule has 1 aromatic rings. The Balaban J connectivity index is 1.58. The van der Waals surface area contributed by atoms with Crippen molar-refractivity contribution in [3.63, 3.8) is 0 Å². The van der Waals surface area contributed by atoms with Crippen LogP contribution in [0.15, 0.2) is 12.5 Å². The highest BCUT2D eigenvalue weighted by molar-refractivity contribution is 5.04. The summed E-state index contributed by atoms with van der Waals surface area (Å²) in [6.07, 6.45) is 12.1. The van der Waals surface area contributed by atoms with E-state index >= 15 is 0 Å². The summed E-state index contributed by atoms with van der Waals surface area (Å²) >= 11 is 0. The minimum absolute atomic E-state index is 0.335. The minimum atomic E-state index is 0.335. The molecular formula is C17H30N4. The van der Waals surface area contributed by atoms with E-state index in [0.29, 0.717) is 5.54 Å². The smallest absolute Gasteiger partial charge is 0.0951 e. The summed E-state index contributed by atoms with van der Waals surface area (Å²) in [5, 5.41) is 3.72. The Morgan fingerprint density at radius 1 is 1.38 bits per heavy atom. The molecule has 2 fully saturated rings. The van der Waals surface area contributed by atoms with Gasteiger partial charge in [0.15, 0.2) is 0 Å². The van der Waals surface area contributed by atoms with Crippen molar-refractivity contribution in [2.24, 2.45) is 5.92 Å². The minimum Gasteiger partial charge on any atom is -0.330 e. The Labute approximate surface area is 128 Å². The average molecular weight is 290 g/mol. The maximum atomic E-state index is 4.33. The molecule has 0 aliphatic heterocycles. The molecule has 2 aliphatic rings. The summed E-state index contributed by atoms with van der Waals surface area (Å²) in [5.74, 6) is 0.847. The van der Waals surface area contributed by atoms with Crippen LogP contribution in [0.2, 0.25) is 0 Å². The summed E-state index contributed by atoms with van der Waals surface area (Å²) in [6, 6.07) is 0.724. The Kier molecular flexibility index (Phi) is 4.36. The van der Waals surface area contributed by atoms with Crippen LogP contribution in [-0.2, 0) is 6.54 Å². The first-order valence-electron chi connectivity index (χ1n) is 8.49. The zero-order valence-electron chi connectivity index (χ0n) is 13.8. The highest BCUT2D eigenvalue weighted by atomic mass is 15.2. The van der Waals surface area contributed by atoms with Gasteiger partial charge in [-0.3, -0.25) is 0 Å². The van der Waals surface area contributed by atoms with Crippen LogP contribution in [0.1, 0.15) is 57.2 Å². The van der Waals surface area contributed by atoms with Crippen molar-refractivity contribution in [1.29, 1.82) is 0 Å². The molecule has 1 N–H and O–H groups in total. The summed E-state index contributed by atoms with van der Waals surface area (Å²) in [7, 11) is 4.49. The van der Waals surface area contributed by atoms with E-state index < -0.39 is 0 Å². The van der Waals surface area contributed by atoms with E-state index in [9.17, 15) is 0 Å². The van der Waals surface area contributed by atoms with Crippen molar-refractivity contribution in [3.8, 4) is 0 Å². The van der Waals surface area contributed by atoms with Gasteiger partial charge in [0.2, 0.25) is 0 Å². The molecule has 2 aliphatic carbocycles. The van der Waals surface area contributed by atoms with Gasteiger partial charge >= 0.3 is 0 Å². The monoisotopic (exact) mass is 290 g/mol. The van der Waals surface area contributed by atoms with Gasteiger partial charge in [-0.1, -0.05) is 19.8 Å². The van der Waals surface area contributed by atoms with Crippen molar-refractivity contribution in [2.75, 3.05) is 20.6 Å². The van der Waals surface area contributed by atoms with Gasteiger partial charge in [-0.15, -0.1) is 0 Å². The maximum Gasteiger partial charge on any atom is 0.0951 e. The third kappa shape index (κ3) is 3.32. The molecule has 2 unspecified atom stereocenters. The fraction of sp³-hybridized carbons (Fsp3) is 0.824. The molecule has 0 radical (unpaired) electrons. The lowest BCUT2D eigenvalue weighted by Gasteiger charge is -2.45. The van der Waals surface area contributed by atoms with Crippen molar-refractivity contribution in [2.45, 2.75) is 63.6 Å². The molecule has 0 bridgehead atoms. The number of nitrogens with zero attached hydrogens (tertiary/aromatic N) is 3. The van der Waals surface area contributed by atoms with Crippen LogP contribution < -0.4 is 5.32 Å². The predicted octanol–water partition coefficient (Wildman–Crippen LogP) is 2.82. The number of imidazole rings is 1. The largest absolute Gasteiger partial charge is 0.330 e. The summed E-state index contributed by atoms with van der Waals surface area (Å²) in [5.41, 5.74) is 1.68. The zero-order valence-corrected chi connectivity index (χ0v) is 13.8. The summed E-state index contributed by atoms with van der Waals surface area (Å²) in [4.78, 5) is 6.78. The highest BCUT2D eigenvalue weighted by Gasteiger charge is 2.36. The Bertz CT molecular complexity index is 463. The van der Waals surface area contributed by atoms with Gasteiger partial charge in [0, 0.05) is 30.9 Å². The van der Waals surface area contributed by atoms with E-state index in [4.69, 9.17) is 0 Å². The average Bonchev–Trinajstić information content (AvgIpc) is 3.18. The first-order chi connectivity index (χ1) is 10.1. The zero-order chi connectivity index (χ0) is 14.9. The number of hydrogen-bond acceptors (Lipinski definition) is 3. The van der Waals surface area contributed by atoms with Crippen molar-refractivity contribution >= 4 is 0 Å². The van der Waals surface area contributed by atoms with Crippen molar-refractivity contribution in [3.05, 3.63) is 18.2 Å². The lowest BCUT2D eigenvalue weighted by Crippen LogP contribution is -2.54. The highest BCUT2D eigenvalue weighted by Crippen LogP contribution is 2.36. The van der Waals surface area contributed by atoms with Crippen LogP contribution >= 0.6 is 0 Å². The van der Waals surface area contributed by atoms with Crippen LogP contribution in [0.3, 0.4) is 0 Å². The van der Waals surface area contributed by atoms with Crippen LogP contribution in [0, 0.1) is 5.92 Å². The van der Waals surface area contributed by atoms with Crippen LogP contribution in [-0.4, -0.2) is 40.6 Å². The van der Waals surface area contributed by atoms with E-state index in [1.54, 1.807) is 0 Å². The first kappa shape index (κ1) is 15.0. The van der Waals surface area contributed by atoms with Gasteiger partial charge in [-0.05, 0) is 45.7 Å². The molecule has 4 nitrogen and oxygen atoms in total. The molecule has 21 heavy (non-hydrogen) atoms. The lowest BCUT2D eigenvalue weighted by molar-refractivity contribution is 0.0748. The van der Waals surface area contributed by atoms with Crippen LogP contribution in [0.4, 0.5) is 0 Å². The third-order valence-electron chi connectivity index (χ3n) is 5.46. The molecule has 1 heterocycles. The van der Waals surface area contributed by atoms with Gasteiger partial charge in [-0.25, -0.2) is 4.98 Å². The number of aromatic nitrogens is 2. The lowest BCUT2D eigenvalue weighted by atomic mass is 9.75. The molecule has 4 heteroatoms. The second kappa shape index (κ2) is 6.09. The van der Waals surface area contributed by atoms with E-state index in [1.807, 2.05) is 12.5 Å². The normalized spacial score (nSPS) is 30.0. The molecule has 1 aromatic heterocycles. The van der Waals surface area contributed by atoms with Gasteiger partial charge in [0.1, 0.15) is 0 Å². The number of nitrogens with one attached hydrogen (secondary N) is 1. The quantitative estimate of drug-likeness (QED) is 0.874. The molecule has 0 spiro atoms. The Morgan fingerprint density at radius 2 is 2.19 bits per heavy atom. The van der Waals surface area contributed by atoms with Crippen LogP contribution in [0.5, 0.6) is 0 Å². The van der Waals surface area contributed by atoms with E-state index in [-0.39, 0.29) is 0 Å². The van der Waals surface area contributed by atoms with Crippen LogP contribution in [0.25, 0.3) is 0 Å². The fourth-order valence-electron chi connectivity index (χ4n) is 3.93. The summed E-state index contributed by atoms with van der Waals surface area (Å²) in [6.45, 7) is 4.43. The first-order valence-corrected chi connectivity index (χ1v) is 8.49. The summed E-state index contributed by atoms with van der Waals surface area (Å²) < 4.78 is 2.36. The van der Waals surface area contributed by atoms with E-state index in [1.165, 1.54) is 44.2 Å². The second-order valence-corrected chi connectivity index (χ2v) is 7.45. The van der Waals surface area contributed by atoms with Gasteiger partial charge in [0.05, 0.1) is 12.0 Å².